The Morgan fingerprint density at radius 3 is 2.03 bits per heavy atom. The number of hydrogen-bond donors (Lipinski definition) is 0. The average Bonchev–Trinajstić information content (AvgIpc) is 3.26. The maximum atomic E-state index is 6.35. The van der Waals surface area contributed by atoms with Crippen LogP contribution in [0.3, 0.4) is 0 Å². The second-order valence-corrected chi connectivity index (χ2v) is 11.0. The molecule has 3 atom stereocenters. The van der Waals surface area contributed by atoms with E-state index in [2.05, 4.69) is 120 Å². The van der Waals surface area contributed by atoms with Crippen molar-refractivity contribution in [3.05, 3.63) is 119 Å². The molecule has 4 aromatic carbocycles. The van der Waals surface area contributed by atoms with Crippen LogP contribution in [-0.4, -0.2) is 6.10 Å². The fourth-order valence-electron chi connectivity index (χ4n) is 6.20. The molecule has 3 unspecified atom stereocenters. The summed E-state index contributed by atoms with van der Waals surface area (Å²) in [5.74, 6) is 2.97. The second-order valence-electron chi connectivity index (χ2n) is 11.0. The van der Waals surface area contributed by atoms with Crippen LogP contribution in [0.2, 0.25) is 0 Å². The third-order valence-electron chi connectivity index (χ3n) is 9.05. The summed E-state index contributed by atoms with van der Waals surface area (Å²) in [4.78, 5) is 0. The normalized spacial score (nSPS) is 22.8. The Kier molecular flexibility index (Phi) is 5.67. The highest BCUT2D eigenvalue weighted by Gasteiger charge is 2.47. The van der Waals surface area contributed by atoms with Gasteiger partial charge in [0, 0.05) is 10.8 Å². The van der Waals surface area contributed by atoms with Crippen molar-refractivity contribution in [1.82, 2.24) is 0 Å². The maximum Gasteiger partial charge on any atom is 0.126 e. The average molecular weight is 489 g/mol. The molecule has 0 aliphatic heterocycles. The van der Waals surface area contributed by atoms with Crippen LogP contribution in [0.1, 0.15) is 69.7 Å². The van der Waals surface area contributed by atoms with Gasteiger partial charge in [0.1, 0.15) is 17.3 Å². The van der Waals surface area contributed by atoms with Crippen LogP contribution >= 0.6 is 0 Å². The molecule has 0 saturated heterocycles. The summed E-state index contributed by atoms with van der Waals surface area (Å²) in [5.41, 5.74) is 6.60. The monoisotopic (exact) mass is 488 g/mol. The molecule has 2 aliphatic carbocycles. The van der Waals surface area contributed by atoms with Gasteiger partial charge in [-0.3, -0.25) is 0 Å². The first kappa shape index (κ1) is 23.9. The van der Waals surface area contributed by atoms with Crippen molar-refractivity contribution < 1.29 is 9.47 Å². The van der Waals surface area contributed by atoms with E-state index in [1.165, 1.54) is 38.6 Å². The van der Waals surface area contributed by atoms with E-state index in [4.69, 9.17) is 9.47 Å². The molecule has 2 heteroatoms. The number of rotatable bonds is 8. The molecule has 2 nitrogen and oxygen atoms in total. The summed E-state index contributed by atoms with van der Waals surface area (Å²) in [6.45, 7) is 11.0. The second kappa shape index (κ2) is 8.80. The number of benzene rings is 4. The summed E-state index contributed by atoms with van der Waals surface area (Å²) in [6.07, 6.45) is 3.21. The minimum Gasteiger partial charge on any atom is -0.491 e. The molecule has 0 amide bonds. The van der Waals surface area contributed by atoms with Crippen LogP contribution in [0, 0.1) is 5.41 Å². The van der Waals surface area contributed by atoms with E-state index in [0.29, 0.717) is 0 Å². The van der Waals surface area contributed by atoms with Crippen molar-refractivity contribution in [2.75, 3.05) is 0 Å². The van der Waals surface area contributed by atoms with Crippen molar-refractivity contribution in [3.8, 4) is 11.5 Å². The molecule has 6 rings (SSSR count). The van der Waals surface area contributed by atoms with Gasteiger partial charge in [0.05, 0.1) is 6.10 Å². The molecule has 188 valence electrons. The predicted octanol–water partition coefficient (Wildman–Crippen LogP) is 8.99. The SMILES string of the molecule is CCC(C)Oc1ccc(C2(c3ccc(OC4=C(C)C4(C)CC)cc3)Cc3cccc4cccc2c34)cc1. The Morgan fingerprint density at radius 1 is 0.811 bits per heavy atom. The van der Waals surface area contributed by atoms with Gasteiger partial charge in [0.15, 0.2) is 0 Å². The van der Waals surface area contributed by atoms with E-state index >= 15 is 0 Å². The third kappa shape index (κ3) is 3.69. The van der Waals surface area contributed by atoms with Crippen LogP contribution in [-0.2, 0) is 11.8 Å². The standard InChI is InChI=1S/C35H36O2/c1-6-23(3)36-29-18-14-27(15-19-29)35(22-26-12-8-10-25-11-9-13-31(35)32(25)26)28-16-20-30(21-17-28)37-33-24(4)34(33,5)7-2/h8-21,23H,6-7,22H2,1-5H3. The molecule has 0 fully saturated rings. The smallest absolute Gasteiger partial charge is 0.126 e. The van der Waals surface area contributed by atoms with Crippen LogP contribution in [0.4, 0.5) is 0 Å². The Bertz CT molecular complexity index is 1490. The minimum absolute atomic E-state index is 0.127. The lowest BCUT2D eigenvalue weighted by atomic mass is 9.69. The van der Waals surface area contributed by atoms with Crippen LogP contribution in [0.15, 0.2) is 96.3 Å². The highest BCUT2D eigenvalue weighted by atomic mass is 16.5. The van der Waals surface area contributed by atoms with Crippen molar-refractivity contribution in [2.24, 2.45) is 5.41 Å². The van der Waals surface area contributed by atoms with E-state index in [9.17, 15) is 0 Å². The zero-order chi connectivity index (χ0) is 25.8. The van der Waals surface area contributed by atoms with Gasteiger partial charge in [0.25, 0.3) is 0 Å². The summed E-state index contributed by atoms with van der Waals surface area (Å²) >= 11 is 0. The van der Waals surface area contributed by atoms with Gasteiger partial charge in [-0.25, -0.2) is 0 Å². The van der Waals surface area contributed by atoms with E-state index in [-0.39, 0.29) is 16.9 Å². The highest BCUT2D eigenvalue weighted by molar-refractivity contribution is 5.94. The molecule has 2 aliphatic rings. The van der Waals surface area contributed by atoms with Gasteiger partial charge in [0.2, 0.25) is 0 Å². The first-order valence-electron chi connectivity index (χ1n) is 13.7. The summed E-state index contributed by atoms with van der Waals surface area (Å²) < 4.78 is 12.5. The van der Waals surface area contributed by atoms with Gasteiger partial charge in [-0.1, -0.05) is 74.5 Å². The molecule has 0 spiro atoms. The molecule has 0 bridgehead atoms. The van der Waals surface area contributed by atoms with Crippen LogP contribution < -0.4 is 9.47 Å². The fourth-order valence-corrected chi connectivity index (χ4v) is 6.20. The highest BCUT2D eigenvalue weighted by Crippen LogP contribution is 2.55. The van der Waals surface area contributed by atoms with E-state index in [1.807, 2.05) is 0 Å². The lowest BCUT2D eigenvalue weighted by molar-refractivity contribution is 0.217. The lowest BCUT2D eigenvalue weighted by Gasteiger charge is -2.33. The number of ether oxygens (including phenoxy) is 2. The summed E-state index contributed by atoms with van der Waals surface area (Å²) in [7, 11) is 0. The molecule has 37 heavy (non-hydrogen) atoms. The first-order valence-corrected chi connectivity index (χ1v) is 13.7. The Labute approximate surface area is 220 Å². The van der Waals surface area contributed by atoms with E-state index in [0.717, 1.165) is 36.5 Å². The van der Waals surface area contributed by atoms with Crippen molar-refractivity contribution >= 4 is 10.8 Å². The zero-order valence-corrected chi connectivity index (χ0v) is 22.6. The quantitative estimate of drug-likeness (QED) is 0.246. The van der Waals surface area contributed by atoms with Crippen molar-refractivity contribution in [1.29, 1.82) is 0 Å². The zero-order valence-electron chi connectivity index (χ0n) is 22.6. The van der Waals surface area contributed by atoms with Crippen LogP contribution in [0.25, 0.3) is 10.8 Å². The van der Waals surface area contributed by atoms with Crippen molar-refractivity contribution in [2.45, 2.75) is 65.4 Å². The molecule has 4 aromatic rings. The van der Waals surface area contributed by atoms with E-state index in [1.54, 1.807) is 0 Å². The third-order valence-corrected chi connectivity index (χ3v) is 9.05. The van der Waals surface area contributed by atoms with E-state index < -0.39 is 0 Å². The lowest BCUT2D eigenvalue weighted by Crippen LogP contribution is -2.28. The Balaban J connectivity index is 1.43. The minimum atomic E-state index is -0.261. The topological polar surface area (TPSA) is 18.5 Å². The first-order chi connectivity index (χ1) is 17.9. The molecular weight excluding hydrogens is 452 g/mol. The molecule has 0 heterocycles. The maximum absolute atomic E-state index is 6.35. The molecular formula is C35H36O2. The van der Waals surface area contributed by atoms with Crippen molar-refractivity contribution in [3.63, 3.8) is 0 Å². The van der Waals surface area contributed by atoms with Gasteiger partial charge < -0.3 is 9.47 Å². The molecule has 0 N–H and O–H groups in total. The number of hydrogen-bond acceptors (Lipinski definition) is 2. The van der Waals surface area contributed by atoms with Crippen LogP contribution in [0.5, 0.6) is 11.5 Å². The van der Waals surface area contributed by atoms with Gasteiger partial charge in [-0.2, -0.15) is 0 Å². The molecule has 0 aromatic heterocycles. The predicted molar refractivity (Wildman–Crippen MR) is 153 cm³/mol. The summed E-state index contributed by atoms with van der Waals surface area (Å²) in [6, 6.07) is 31.1. The van der Waals surface area contributed by atoms with Gasteiger partial charge in [-0.05, 0) is 103 Å². The number of allylic oxidation sites excluding steroid dienone is 2. The fraction of sp³-hybridized carbons (Fsp3) is 0.314. The Hall–Kier alpha value is -3.52. The molecule has 0 radical (unpaired) electrons. The largest absolute Gasteiger partial charge is 0.491 e. The molecule has 0 saturated carbocycles. The van der Waals surface area contributed by atoms with Gasteiger partial charge in [-0.15, -0.1) is 0 Å². The summed E-state index contributed by atoms with van der Waals surface area (Å²) in [5, 5.41) is 2.70. The van der Waals surface area contributed by atoms with Gasteiger partial charge >= 0.3 is 0 Å². The Morgan fingerprint density at radius 2 is 1.43 bits per heavy atom.